The van der Waals surface area contributed by atoms with Gasteiger partial charge >= 0.3 is 0 Å². The number of aromatic nitrogens is 1. The van der Waals surface area contributed by atoms with E-state index in [2.05, 4.69) is 15.6 Å². The van der Waals surface area contributed by atoms with Gasteiger partial charge in [0.2, 0.25) is 0 Å². The number of rotatable bonds is 6. The number of pyridine rings is 1. The molecule has 0 fully saturated rings. The number of carbonyl (C=O) groups excluding carboxylic acids is 1. The first kappa shape index (κ1) is 17.1. The summed E-state index contributed by atoms with van der Waals surface area (Å²) in [4.78, 5) is 27.8. The Morgan fingerprint density at radius 1 is 1.04 bits per heavy atom. The van der Waals surface area contributed by atoms with Crippen LogP contribution in [0.2, 0.25) is 0 Å². The number of carbonyl (C=O) groups is 1. The maximum absolute atomic E-state index is 12.4. The highest BCUT2D eigenvalue weighted by Gasteiger charge is 2.13. The number of hydrogen-bond donors (Lipinski definition) is 1. The van der Waals surface area contributed by atoms with Crippen LogP contribution in [0.3, 0.4) is 0 Å². The minimum absolute atomic E-state index is 0.328. The summed E-state index contributed by atoms with van der Waals surface area (Å²) in [6, 6.07) is 18.7. The van der Waals surface area contributed by atoms with Crippen molar-refractivity contribution >= 4 is 23.1 Å². The summed E-state index contributed by atoms with van der Waals surface area (Å²) >= 11 is 0. The molecule has 26 heavy (non-hydrogen) atoms. The van der Waals surface area contributed by atoms with E-state index >= 15 is 0 Å². The van der Waals surface area contributed by atoms with Crippen molar-refractivity contribution in [3.63, 3.8) is 0 Å². The smallest absolute Gasteiger partial charge is 0.256 e. The van der Waals surface area contributed by atoms with Gasteiger partial charge in [0.25, 0.3) is 5.91 Å². The Morgan fingerprint density at radius 3 is 2.50 bits per heavy atom. The topological polar surface area (TPSA) is 83.9 Å². The van der Waals surface area contributed by atoms with Crippen LogP contribution >= 0.6 is 0 Å². The van der Waals surface area contributed by atoms with Gasteiger partial charge < -0.3 is 10.1 Å². The second-order valence-electron chi connectivity index (χ2n) is 5.31. The fraction of sp³-hybridized carbons (Fsp3) is 0.0526. The van der Waals surface area contributed by atoms with Gasteiger partial charge in [0.1, 0.15) is 11.6 Å². The Hall–Kier alpha value is -3.74. The highest BCUT2D eigenvalue weighted by Crippen LogP contribution is 2.28. The van der Waals surface area contributed by atoms with Gasteiger partial charge in [-0.25, -0.2) is 4.98 Å². The molecule has 3 rings (SSSR count). The zero-order valence-corrected chi connectivity index (χ0v) is 14.0. The van der Waals surface area contributed by atoms with Crippen LogP contribution in [0.25, 0.3) is 0 Å². The molecule has 0 saturated carbocycles. The zero-order chi connectivity index (χ0) is 18.4. The first-order valence-corrected chi connectivity index (χ1v) is 7.81. The van der Waals surface area contributed by atoms with Crippen LogP contribution in [0.5, 0.6) is 5.75 Å². The van der Waals surface area contributed by atoms with Gasteiger partial charge in [-0.3, -0.25) is 4.79 Å². The predicted octanol–water partition coefficient (Wildman–Crippen LogP) is 4.16. The molecule has 0 atom stereocenters. The maximum Gasteiger partial charge on any atom is 0.256 e. The van der Waals surface area contributed by atoms with E-state index in [4.69, 9.17) is 4.74 Å². The van der Waals surface area contributed by atoms with Gasteiger partial charge in [0, 0.05) is 11.8 Å². The van der Waals surface area contributed by atoms with Gasteiger partial charge in [-0.15, -0.1) is 4.91 Å². The maximum atomic E-state index is 12.4. The van der Waals surface area contributed by atoms with Crippen molar-refractivity contribution in [2.24, 2.45) is 5.29 Å². The van der Waals surface area contributed by atoms with Gasteiger partial charge in [0.15, 0.2) is 0 Å². The normalized spacial score (nSPS) is 10.0. The molecule has 0 radical (unpaired) electrons. The molecule has 2 aromatic carbocycles. The molecule has 0 aliphatic heterocycles. The first-order valence-electron chi connectivity index (χ1n) is 7.81. The SMILES string of the molecule is COc1ccc(N(N=O)c2cccc(C(=O)Nc3ccccn3)c2)cc1. The van der Waals surface area contributed by atoms with Crippen molar-refractivity contribution in [3.05, 3.63) is 83.4 Å². The third-order valence-electron chi connectivity index (χ3n) is 3.66. The minimum atomic E-state index is -0.328. The molecule has 0 bridgehead atoms. The fourth-order valence-corrected chi connectivity index (χ4v) is 2.37. The Morgan fingerprint density at radius 2 is 1.85 bits per heavy atom. The molecule has 3 aromatic rings. The number of nitroso groups, excluding NO2 is 1. The van der Waals surface area contributed by atoms with Crippen LogP contribution in [0.4, 0.5) is 17.2 Å². The molecule has 1 N–H and O–H groups in total. The number of benzene rings is 2. The monoisotopic (exact) mass is 348 g/mol. The molecule has 0 unspecified atom stereocenters. The molecule has 130 valence electrons. The van der Waals surface area contributed by atoms with E-state index in [1.165, 1.54) is 5.01 Å². The number of nitrogens with one attached hydrogen (secondary N) is 1. The number of amides is 1. The lowest BCUT2D eigenvalue weighted by Gasteiger charge is -2.16. The number of anilines is 3. The van der Waals surface area contributed by atoms with Gasteiger partial charge in [-0.1, -0.05) is 12.1 Å². The summed E-state index contributed by atoms with van der Waals surface area (Å²) in [6.45, 7) is 0. The summed E-state index contributed by atoms with van der Waals surface area (Å²) < 4.78 is 5.11. The third kappa shape index (κ3) is 3.84. The van der Waals surface area contributed by atoms with Crippen LogP contribution in [0.1, 0.15) is 10.4 Å². The highest BCUT2D eigenvalue weighted by atomic mass is 16.5. The largest absolute Gasteiger partial charge is 0.497 e. The summed E-state index contributed by atoms with van der Waals surface area (Å²) in [5.41, 5.74) is 1.41. The van der Waals surface area contributed by atoms with E-state index in [-0.39, 0.29) is 5.91 Å². The average Bonchev–Trinajstić information content (AvgIpc) is 2.70. The van der Waals surface area contributed by atoms with Gasteiger partial charge in [0.05, 0.1) is 23.8 Å². The summed E-state index contributed by atoms with van der Waals surface area (Å²) in [7, 11) is 1.56. The fourth-order valence-electron chi connectivity index (χ4n) is 2.37. The van der Waals surface area contributed by atoms with Crippen molar-refractivity contribution in [1.29, 1.82) is 0 Å². The van der Waals surface area contributed by atoms with Gasteiger partial charge in [-0.2, -0.15) is 5.01 Å². The van der Waals surface area contributed by atoms with Crippen molar-refractivity contribution in [2.75, 3.05) is 17.4 Å². The van der Waals surface area contributed by atoms with E-state index in [0.29, 0.717) is 28.5 Å². The van der Waals surface area contributed by atoms with Crippen molar-refractivity contribution in [1.82, 2.24) is 4.98 Å². The van der Waals surface area contributed by atoms with E-state index in [1.54, 1.807) is 80.0 Å². The molecule has 0 aliphatic carbocycles. The molecule has 1 heterocycles. The molecular formula is C19H16N4O3. The Balaban J connectivity index is 1.84. The molecule has 0 spiro atoms. The minimum Gasteiger partial charge on any atom is -0.497 e. The number of methoxy groups -OCH3 is 1. The van der Waals surface area contributed by atoms with E-state index in [1.807, 2.05) is 0 Å². The molecule has 7 nitrogen and oxygen atoms in total. The summed E-state index contributed by atoms with van der Waals surface area (Å²) in [6.07, 6.45) is 1.59. The van der Waals surface area contributed by atoms with E-state index < -0.39 is 0 Å². The number of ether oxygens (including phenoxy) is 1. The average molecular weight is 348 g/mol. The standard InChI is InChI=1S/C19H16N4O3/c1-26-17-10-8-15(9-11-17)23(22-25)16-6-4-5-14(13-16)19(24)21-18-7-2-3-12-20-18/h2-13H,1H3,(H,20,21,24). The molecule has 1 amide bonds. The van der Waals surface area contributed by atoms with Crippen LogP contribution in [-0.4, -0.2) is 18.0 Å². The van der Waals surface area contributed by atoms with E-state index in [0.717, 1.165) is 0 Å². The molecule has 7 heteroatoms. The highest BCUT2D eigenvalue weighted by molar-refractivity contribution is 6.04. The number of nitrogens with zero attached hydrogens (tertiary/aromatic N) is 3. The molecule has 0 saturated heterocycles. The molecule has 0 aliphatic rings. The first-order chi connectivity index (χ1) is 12.7. The molecule has 1 aromatic heterocycles. The van der Waals surface area contributed by atoms with Crippen molar-refractivity contribution < 1.29 is 9.53 Å². The second-order valence-corrected chi connectivity index (χ2v) is 5.31. The Bertz CT molecular complexity index is 898. The van der Waals surface area contributed by atoms with E-state index in [9.17, 15) is 9.70 Å². The van der Waals surface area contributed by atoms with Crippen LogP contribution in [0, 0.1) is 4.91 Å². The van der Waals surface area contributed by atoms with Gasteiger partial charge in [-0.05, 0) is 54.6 Å². The van der Waals surface area contributed by atoms with Crippen LogP contribution in [-0.2, 0) is 0 Å². The quantitative estimate of drug-likeness (QED) is 0.534. The predicted molar refractivity (Wildman–Crippen MR) is 99.6 cm³/mol. The lowest BCUT2D eigenvalue weighted by Crippen LogP contribution is -2.14. The van der Waals surface area contributed by atoms with Crippen molar-refractivity contribution in [3.8, 4) is 5.75 Å². The lowest BCUT2D eigenvalue weighted by atomic mass is 10.1. The van der Waals surface area contributed by atoms with Crippen LogP contribution in [0.15, 0.2) is 78.2 Å². The van der Waals surface area contributed by atoms with Crippen LogP contribution < -0.4 is 15.1 Å². The lowest BCUT2D eigenvalue weighted by molar-refractivity contribution is 0.102. The van der Waals surface area contributed by atoms with Crippen molar-refractivity contribution in [2.45, 2.75) is 0 Å². The summed E-state index contributed by atoms with van der Waals surface area (Å²) in [5.74, 6) is 0.789. The molecular weight excluding hydrogens is 332 g/mol. The second kappa shape index (κ2) is 7.89. The zero-order valence-electron chi connectivity index (χ0n) is 14.0. The Labute approximate surface area is 150 Å². The number of hydrogen-bond acceptors (Lipinski definition) is 5. The summed E-state index contributed by atoms with van der Waals surface area (Å²) in [5, 5.41) is 6.98. The Kier molecular flexibility index (Phi) is 5.19. The third-order valence-corrected chi connectivity index (χ3v) is 3.66.